The van der Waals surface area contributed by atoms with Crippen molar-refractivity contribution in [1.82, 2.24) is 4.90 Å². The summed E-state index contributed by atoms with van der Waals surface area (Å²) in [6, 6.07) is 16.2. The van der Waals surface area contributed by atoms with E-state index in [0.29, 0.717) is 0 Å². The Kier molecular flexibility index (Phi) is 5.89. The van der Waals surface area contributed by atoms with Gasteiger partial charge < -0.3 is 10.2 Å². The predicted molar refractivity (Wildman–Crippen MR) is 90.4 cm³/mol. The molecule has 0 saturated heterocycles. The van der Waals surface area contributed by atoms with Gasteiger partial charge in [-0.3, -0.25) is 0 Å². The lowest BCUT2D eigenvalue weighted by atomic mass is 10.2. The van der Waals surface area contributed by atoms with Crippen LogP contribution in [0.25, 0.3) is 0 Å². The Morgan fingerprint density at radius 1 is 1.10 bits per heavy atom. The molecule has 0 aliphatic rings. The van der Waals surface area contributed by atoms with E-state index in [4.69, 9.17) is 11.6 Å². The van der Waals surface area contributed by atoms with Crippen LogP contribution in [-0.2, 0) is 6.54 Å². The van der Waals surface area contributed by atoms with Crippen molar-refractivity contribution in [3.63, 3.8) is 0 Å². The fraction of sp³-hybridized carbons (Fsp3) is 0.250. The molecule has 0 fully saturated rings. The third-order valence-corrected chi connectivity index (χ3v) is 3.99. The molecule has 0 unspecified atom stereocenters. The molecule has 0 atom stereocenters. The topological polar surface area (TPSA) is 15.3 Å². The first-order valence-corrected chi connectivity index (χ1v) is 7.73. The third kappa shape index (κ3) is 4.82. The summed E-state index contributed by atoms with van der Waals surface area (Å²) in [7, 11) is 2.12. The molecule has 1 N–H and O–H groups in total. The Morgan fingerprint density at radius 3 is 2.50 bits per heavy atom. The van der Waals surface area contributed by atoms with Crippen molar-refractivity contribution in [1.29, 1.82) is 0 Å². The Morgan fingerprint density at radius 2 is 1.80 bits per heavy atom. The maximum atomic E-state index is 5.89. The molecule has 0 aliphatic heterocycles. The highest BCUT2D eigenvalue weighted by molar-refractivity contribution is 9.10. The minimum absolute atomic E-state index is 0.784. The Hall–Kier alpha value is -1.03. The van der Waals surface area contributed by atoms with Gasteiger partial charge in [0.1, 0.15) is 0 Å². The number of benzene rings is 2. The molecule has 0 saturated carbocycles. The normalized spacial score (nSPS) is 10.8. The fourth-order valence-corrected chi connectivity index (χ4v) is 2.52. The second-order valence-corrected chi connectivity index (χ2v) is 6.06. The van der Waals surface area contributed by atoms with Crippen LogP contribution in [0.3, 0.4) is 0 Å². The summed E-state index contributed by atoms with van der Waals surface area (Å²) in [6.07, 6.45) is 0. The van der Waals surface area contributed by atoms with Gasteiger partial charge in [-0.2, -0.15) is 0 Å². The maximum Gasteiger partial charge on any atom is 0.0485 e. The van der Waals surface area contributed by atoms with Gasteiger partial charge in [0.25, 0.3) is 0 Å². The van der Waals surface area contributed by atoms with Gasteiger partial charge in [0.15, 0.2) is 0 Å². The van der Waals surface area contributed by atoms with Crippen LogP contribution in [0.1, 0.15) is 5.56 Å². The van der Waals surface area contributed by atoms with Gasteiger partial charge in [-0.05, 0) is 52.8 Å². The van der Waals surface area contributed by atoms with Crippen LogP contribution < -0.4 is 5.32 Å². The quantitative estimate of drug-likeness (QED) is 0.813. The summed E-state index contributed by atoms with van der Waals surface area (Å²) in [5.41, 5.74) is 2.41. The van der Waals surface area contributed by atoms with Crippen molar-refractivity contribution in [2.24, 2.45) is 0 Å². The van der Waals surface area contributed by atoms with Crippen LogP contribution in [0.5, 0.6) is 0 Å². The number of hydrogen-bond acceptors (Lipinski definition) is 2. The van der Waals surface area contributed by atoms with Gasteiger partial charge in [0.05, 0.1) is 0 Å². The minimum Gasteiger partial charge on any atom is -0.383 e. The number of para-hydroxylation sites is 1. The first-order chi connectivity index (χ1) is 9.65. The zero-order valence-corrected chi connectivity index (χ0v) is 13.8. The lowest BCUT2D eigenvalue weighted by Crippen LogP contribution is -2.24. The van der Waals surface area contributed by atoms with Crippen molar-refractivity contribution in [2.75, 3.05) is 25.5 Å². The SMILES string of the molecule is CN(CCNc1ccccc1Br)Cc1ccc(Cl)cc1. The summed E-state index contributed by atoms with van der Waals surface area (Å²) in [5.74, 6) is 0. The molecule has 2 aromatic carbocycles. The van der Waals surface area contributed by atoms with E-state index >= 15 is 0 Å². The van der Waals surface area contributed by atoms with Crippen LogP contribution in [0.4, 0.5) is 5.69 Å². The van der Waals surface area contributed by atoms with Gasteiger partial charge in [-0.15, -0.1) is 0 Å². The van der Waals surface area contributed by atoms with E-state index in [1.807, 2.05) is 30.3 Å². The third-order valence-electron chi connectivity index (χ3n) is 3.05. The molecule has 4 heteroatoms. The van der Waals surface area contributed by atoms with Crippen molar-refractivity contribution in [3.05, 3.63) is 63.6 Å². The fourth-order valence-electron chi connectivity index (χ4n) is 1.97. The number of halogens is 2. The molecule has 0 aromatic heterocycles. The number of nitrogens with one attached hydrogen (secondary N) is 1. The van der Waals surface area contributed by atoms with Crippen molar-refractivity contribution < 1.29 is 0 Å². The van der Waals surface area contributed by atoms with E-state index in [-0.39, 0.29) is 0 Å². The largest absolute Gasteiger partial charge is 0.383 e. The molecule has 2 rings (SSSR count). The van der Waals surface area contributed by atoms with Gasteiger partial charge in [-0.1, -0.05) is 35.9 Å². The summed E-state index contributed by atoms with van der Waals surface area (Å²) in [5, 5.41) is 4.21. The predicted octanol–water partition coefficient (Wildman–Crippen LogP) is 4.65. The van der Waals surface area contributed by atoms with E-state index in [1.54, 1.807) is 0 Å². The molecule has 0 aliphatic carbocycles. The number of anilines is 1. The van der Waals surface area contributed by atoms with Crippen molar-refractivity contribution >= 4 is 33.2 Å². The highest BCUT2D eigenvalue weighted by Gasteiger charge is 2.01. The summed E-state index contributed by atoms with van der Waals surface area (Å²) >= 11 is 9.42. The monoisotopic (exact) mass is 352 g/mol. The van der Waals surface area contributed by atoms with E-state index in [2.05, 4.69) is 51.4 Å². The number of hydrogen-bond donors (Lipinski definition) is 1. The molecule has 0 radical (unpaired) electrons. The van der Waals surface area contributed by atoms with Gasteiger partial charge in [0, 0.05) is 34.8 Å². The molecule has 0 spiro atoms. The second-order valence-electron chi connectivity index (χ2n) is 4.77. The zero-order chi connectivity index (χ0) is 14.4. The molecule has 0 bridgehead atoms. The van der Waals surface area contributed by atoms with Crippen molar-refractivity contribution in [2.45, 2.75) is 6.54 Å². The number of rotatable bonds is 6. The molecule has 106 valence electrons. The summed E-state index contributed by atoms with van der Waals surface area (Å²) in [6.45, 7) is 2.81. The van der Waals surface area contributed by atoms with Crippen LogP contribution in [0.2, 0.25) is 5.02 Å². The first-order valence-electron chi connectivity index (χ1n) is 6.56. The molecule has 2 nitrogen and oxygen atoms in total. The standard InChI is InChI=1S/C16H18BrClN2/c1-20(12-13-6-8-14(18)9-7-13)11-10-19-16-5-3-2-4-15(16)17/h2-9,19H,10-12H2,1H3. The van der Waals surface area contributed by atoms with Crippen LogP contribution in [0, 0.1) is 0 Å². The van der Waals surface area contributed by atoms with E-state index in [0.717, 1.165) is 34.8 Å². The van der Waals surface area contributed by atoms with Crippen LogP contribution in [0.15, 0.2) is 53.0 Å². The number of likely N-dealkylation sites (N-methyl/N-ethyl adjacent to an activating group) is 1. The van der Waals surface area contributed by atoms with E-state index in [1.165, 1.54) is 5.56 Å². The highest BCUT2D eigenvalue weighted by Crippen LogP contribution is 2.20. The second kappa shape index (κ2) is 7.67. The minimum atomic E-state index is 0.784. The lowest BCUT2D eigenvalue weighted by molar-refractivity contribution is 0.340. The zero-order valence-electron chi connectivity index (χ0n) is 11.4. The van der Waals surface area contributed by atoms with Gasteiger partial charge >= 0.3 is 0 Å². The van der Waals surface area contributed by atoms with Gasteiger partial charge in [-0.25, -0.2) is 0 Å². The summed E-state index contributed by atoms with van der Waals surface area (Å²) < 4.78 is 1.10. The molecule has 0 amide bonds. The Balaban J connectivity index is 1.76. The molecule has 2 aromatic rings. The Labute approximate surface area is 133 Å². The first kappa shape index (κ1) is 15.4. The average Bonchev–Trinajstić information content (AvgIpc) is 2.43. The molecule has 0 heterocycles. The summed E-state index contributed by atoms with van der Waals surface area (Å²) in [4.78, 5) is 2.28. The number of nitrogens with zero attached hydrogens (tertiary/aromatic N) is 1. The molecular weight excluding hydrogens is 336 g/mol. The lowest BCUT2D eigenvalue weighted by Gasteiger charge is -2.18. The highest BCUT2D eigenvalue weighted by atomic mass is 79.9. The van der Waals surface area contributed by atoms with E-state index in [9.17, 15) is 0 Å². The molecular formula is C16H18BrClN2. The van der Waals surface area contributed by atoms with Crippen LogP contribution in [-0.4, -0.2) is 25.0 Å². The van der Waals surface area contributed by atoms with Crippen molar-refractivity contribution in [3.8, 4) is 0 Å². The van der Waals surface area contributed by atoms with E-state index < -0.39 is 0 Å². The van der Waals surface area contributed by atoms with Gasteiger partial charge in [0.2, 0.25) is 0 Å². The maximum absolute atomic E-state index is 5.89. The van der Waals surface area contributed by atoms with Crippen LogP contribution >= 0.6 is 27.5 Å². The average molecular weight is 354 g/mol. The Bertz CT molecular complexity index is 542. The molecule has 20 heavy (non-hydrogen) atoms. The smallest absolute Gasteiger partial charge is 0.0485 e.